The number of aliphatic hydroxyl groups excluding tert-OH is 2. The Labute approximate surface area is 136 Å². The number of hydrogen-bond donors (Lipinski definition) is 3. The average Bonchev–Trinajstić information content (AvgIpc) is 2.90. The van der Waals surface area contributed by atoms with E-state index in [1.54, 1.807) is 0 Å². The average molecular weight is 312 g/mol. The molecule has 3 N–H and O–H groups in total. The zero-order chi connectivity index (χ0) is 16.2. The summed E-state index contributed by atoms with van der Waals surface area (Å²) in [4.78, 5) is 0. The van der Waals surface area contributed by atoms with Crippen molar-refractivity contribution in [1.29, 1.82) is 0 Å². The zero-order valence-electron chi connectivity index (χ0n) is 13.4. The first-order valence-corrected chi connectivity index (χ1v) is 8.22. The second-order valence-electron chi connectivity index (χ2n) is 5.99. The molecule has 4 heteroatoms. The van der Waals surface area contributed by atoms with Gasteiger partial charge in [0, 0.05) is 34.4 Å². The Bertz CT molecular complexity index is 724. The fourth-order valence-corrected chi connectivity index (χ4v) is 3.12. The summed E-state index contributed by atoms with van der Waals surface area (Å²) in [6.45, 7) is 3.12. The van der Waals surface area contributed by atoms with E-state index in [1.807, 2.05) is 31.2 Å². The first kappa shape index (κ1) is 16.0. The Kier molecular flexibility index (Phi) is 4.96. The molecule has 0 saturated heterocycles. The summed E-state index contributed by atoms with van der Waals surface area (Å²) in [6, 6.07) is 16.6. The van der Waals surface area contributed by atoms with E-state index in [9.17, 15) is 10.2 Å². The number of benzene rings is 2. The molecule has 3 aromatic rings. The van der Waals surface area contributed by atoms with Crippen LogP contribution in [0.25, 0.3) is 21.8 Å². The predicted molar refractivity (Wildman–Crippen MR) is 94.6 cm³/mol. The minimum atomic E-state index is -0.505. The van der Waals surface area contributed by atoms with Gasteiger partial charge in [-0.3, -0.25) is 0 Å². The van der Waals surface area contributed by atoms with Crippen molar-refractivity contribution in [3.05, 3.63) is 48.5 Å². The number of aromatic nitrogens is 1. The van der Waals surface area contributed by atoms with E-state index in [2.05, 4.69) is 34.1 Å². The van der Waals surface area contributed by atoms with E-state index < -0.39 is 6.10 Å². The largest absolute Gasteiger partial charge is 0.395 e. The molecule has 1 aromatic heterocycles. The highest BCUT2D eigenvalue weighted by atomic mass is 16.3. The normalized spacial score (nSPS) is 14.4. The lowest BCUT2D eigenvalue weighted by molar-refractivity contribution is 0.141. The van der Waals surface area contributed by atoms with Gasteiger partial charge in [-0.25, -0.2) is 0 Å². The molecule has 2 aromatic carbocycles. The number of rotatable bonds is 7. The SMILES string of the molecule is CCC(CO)NCC(O)Cn1c2ccccc2c2ccccc21. The van der Waals surface area contributed by atoms with Gasteiger partial charge in [0.05, 0.1) is 19.3 Å². The zero-order valence-corrected chi connectivity index (χ0v) is 13.4. The minimum absolute atomic E-state index is 0.0443. The summed E-state index contributed by atoms with van der Waals surface area (Å²) < 4.78 is 2.18. The summed E-state index contributed by atoms with van der Waals surface area (Å²) in [7, 11) is 0. The van der Waals surface area contributed by atoms with E-state index >= 15 is 0 Å². The van der Waals surface area contributed by atoms with Gasteiger partial charge in [0.2, 0.25) is 0 Å². The number of fused-ring (bicyclic) bond motifs is 3. The summed E-state index contributed by atoms with van der Waals surface area (Å²) in [5.74, 6) is 0. The molecule has 122 valence electrons. The van der Waals surface area contributed by atoms with Crippen LogP contribution in [0, 0.1) is 0 Å². The lowest BCUT2D eigenvalue weighted by Gasteiger charge is -2.18. The molecule has 0 amide bonds. The molecule has 0 radical (unpaired) electrons. The first-order valence-electron chi connectivity index (χ1n) is 8.22. The Morgan fingerprint density at radius 2 is 1.57 bits per heavy atom. The molecule has 2 atom stereocenters. The molecule has 0 aliphatic heterocycles. The Morgan fingerprint density at radius 3 is 2.09 bits per heavy atom. The molecular weight excluding hydrogens is 288 g/mol. The van der Waals surface area contributed by atoms with Crippen LogP contribution in [0.3, 0.4) is 0 Å². The van der Waals surface area contributed by atoms with Gasteiger partial charge in [-0.05, 0) is 18.6 Å². The van der Waals surface area contributed by atoms with Crippen molar-refractivity contribution in [3.63, 3.8) is 0 Å². The highest BCUT2D eigenvalue weighted by Crippen LogP contribution is 2.28. The van der Waals surface area contributed by atoms with Crippen LogP contribution in [0.2, 0.25) is 0 Å². The van der Waals surface area contributed by atoms with Gasteiger partial charge in [-0.2, -0.15) is 0 Å². The van der Waals surface area contributed by atoms with Crippen molar-refractivity contribution in [1.82, 2.24) is 9.88 Å². The summed E-state index contributed by atoms with van der Waals surface area (Å²) in [5, 5.41) is 25.3. The van der Waals surface area contributed by atoms with Crippen molar-refractivity contribution in [2.45, 2.75) is 32.0 Å². The molecule has 23 heavy (non-hydrogen) atoms. The minimum Gasteiger partial charge on any atom is -0.395 e. The van der Waals surface area contributed by atoms with Crippen molar-refractivity contribution in [3.8, 4) is 0 Å². The third-order valence-corrected chi connectivity index (χ3v) is 4.43. The fourth-order valence-electron chi connectivity index (χ4n) is 3.12. The topological polar surface area (TPSA) is 57.4 Å². The Hall–Kier alpha value is -1.88. The Balaban J connectivity index is 1.86. The summed E-state index contributed by atoms with van der Waals surface area (Å²) in [6.07, 6.45) is 0.341. The van der Waals surface area contributed by atoms with Crippen molar-refractivity contribution >= 4 is 21.8 Å². The molecule has 2 unspecified atom stereocenters. The van der Waals surface area contributed by atoms with Crippen LogP contribution >= 0.6 is 0 Å². The third-order valence-electron chi connectivity index (χ3n) is 4.43. The quantitative estimate of drug-likeness (QED) is 0.628. The summed E-state index contributed by atoms with van der Waals surface area (Å²) in [5.41, 5.74) is 2.28. The fraction of sp³-hybridized carbons (Fsp3) is 0.368. The molecule has 0 spiro atoms. The third kappa shape index (κ3) is 3.24. The molecule has 4 nitrogen and oxygen atoms in total. The predicted octanol–water partition coefficient (Wildman–Crippen LogP) is 2.52. The molecule has 0 bridgehead atoms. The molecule has 0 aliphatic carbocycles. The molecule has 0 saturated carbocycles. The first-order chi connectivity index (χ1) is 11.2. The van der Waals surface area contributed by atoms with Crippen molar-refractivity contribution < 1.29 is 10.2 Å². The van der Waals surface area contributed by atoms with E-state index in [-0.39, 0.29) is 12.6 Å². The van der Waals surface area contributed by atoms with Gasteiger partial charge in [0.1, 0.15) is 0 Å². The number of para-hydroxylation sites is 2. The van der Waals surface area contributed by atoms with Gasteiger partial charge in [0.25, 0.3) is 0 Å². The van der Waals surface area contributed by atoms with Crippen LogP contribution in [-0.2, 0) is 6.54 Å². The monoisotopic (exact) mass is 312 g/mol. The lowest BCUT2D eigenvalue weighted by Crippen LogP contribution is -2.38. The van der Waals surface area contributed by atoms with E-state index in [4.69, 9.17) is 0 Å². The van der Waals surface area contributed by atoms with Crippen LogP contribution in [0.4, 0.5) is 0 Å². The van der Waals surface area contributed by atoms with Crippen LogP contribution in [0.15, 0.2) is 48.5 Å². The second kappa shape index (κ2) is 7.13. The van der Waals surface area contributed by atoms with E-state index in [1.165, 1.54) is 10.8 Å². The van der Waals surface area contributed by atoms with Crippen LogP contribution in [0.1, 0.15) is 13.3 Å². The van der Waals surface area contributed by atoms with E-state index in [0.29, 0.717) is 13.1 Å². The number of nitrogens with zero attached hydrogens (tertiary/aromatic N) is 1. The van der Waals surface area contributed by atoms with Gasteiger partial charge >= 0.3 is 0 Å². The van der Waals surface area contributed by atoms with Gasteiger partial charge in [-0.1, -0.05) is 43.3 Å². The molecule has 0 aliphatic rings. The standard InChI is InChI=1S/C19H24N2O2/c1-2-14(13-22)20-11-15(23)12-21-18-9-5-3-7-16(18)17-8-4-6-10-19(17)21/h3-10,14-15,20,22-23H,2,11-13H2,1H3. The lowest BCUT2D eigenvalue weighted by atomic mass is 10.2. The molecule has 3 rings (SSSR count). The Morgan fingerprint density at radius 1 is 1.00 bits per heavy atom. The van der Waals surface area contributed by atoms with Gasteiger partial charge in [-0.15, -0.1) is 0 Å². The highest BCUT2D eigenvalue weighted by molar-refractivity contribution is 6.07. The van der Waals surface area contributed by atoms with Crippen LogP contribution < -0.4 is 5.32 Å². The summed E-state index contributed by atoms with van der Waals surface area (Å²) >= 11 is 0. The number of aliphatic hydroxyl groups is 2. The molecular formula is C19H24N2O2. The van der Waals surface area contributed by atoms with Gasteiger partial charge in [0.15, 0.2) is 0 Å². The maximum absolute atomic E-state index is 10.4. The number of nitrogens with one attached hydrogen (secondary N) is 1. The van der Waals surface area contributed by atoms with Crippen LogP contribution in [-0.4, -0.2) is 40.1 Å². The van der Waals surface area contributed by atoms with Gasteiger partial charge < -0.3 is 20.1 Å². The van der Waals surface area contributed by atoms with Crippen molar-refractivity contribution in [2.24, 2.45) is 0 Å². The number of hydrogen-bond acceptors (Lipinski definition) is 3. The maximum atomic E-state index is 10.4. The van der Waals surface area contributed by atoms with E-state index in [0.717, 1.165) is 17.5 Å². The smallest absolute Gasteiger partial charge is 0.0843 e. The molecule has 1 heterocycles. The van der Waals surface area contributed by atoms with Crippen LogP contribution in [0.5, 0.6) is 0 Å². The molecule has 0 fully saturated rings. The van der Waals surface area contributed by atoms with Crippen molar-refractivity contribution in [2.75, 3.05) is 13.2 Å². The highest BCUT2D eigenvalue weighted by Gasteiger charge is 2.14. The maximum Gasteiger partial charge on any atom is 0.0843 e. The second-order valence-corrected chi connectivity index (χ2v) is 5.99.